The summed E-state index contributed by atoms with van der Waals surface area (Å²) in [6.45, 7) is 3.25. The Bertz CT molecular complexity index is 880. The first-order valence-corrected chi connectivity index (χ1v) is 13.5. The molecule has 2 atom stereocenters. The summed E-state index contributed by atoms with van der Waals surface area (Å²) in [4.78, 5) is 50.2. The number of aliphatic hydroxyl groups excluding tert-OH is 3. The first kappa shape index (κ1) is 31.4. The molecular formula is C21H27I3N2O8. The normalized spacial score (nSPS) is 12.8. The van der Waals surface area contributed by atoms with Gasteiger partial charge in [0, 0.05) is 32.7 Å². The van der Waals surface area contributed by atoms with E-state index in [2.05, 4.69) is 10.6 Å². The lowest BCUT2D eigenvalue weighted by Crippen LogP contribution is -2.41. The number of ether oxygens (including phenoxy) is 1. The predicted octanol–water partition coefficient (Wildman–Crippen LogP) is 2.06. The first-order valence-electron chi connectivity index (χ1n) is 10.3. The van der Waals surface area contributed by atoms with Gasteiger partial charge in [-0.2, -0.15) is 0 Å². The number of carbonyl (C=O) groups is 4. The molecule has 1 aromatic carbocycles. The Hall–Kier alpha value is -0.630. The Morgan fingerprint density at radius 2 is 1.50 bits per heavy atom. The van der Waals surface area contributed by atoms with Crippen LogP contribution in [-0.4, -0.2) is 70.9 Å². The van der Waals surface area contributed by atoms with Crippen LogP contribution in [0.1, 0.15) is 54.3 Å². The summed E-state index contributed by atoms with van der Waals surface area (Å²) in [7, 11) is 0. The van der Waals surface area contributed by atoms with Gasteiger partial charge in [-0.3, -0.25) is 19.2 Å². The molecular weight excluding hydrogens is 789 g/mol. The second kappa shape index (κ2) is 14.8. The van der Waals surface area contributed by atoms with Gasteiger partial charge in [0.25, 0.3) is 11.8 Å². The van der Waals surface area contributed by atoms with Gasteiger partial charge in [0.15, 0.2) is 11.9 Å². The van der Waals surface area contributed by atoms with Crippen molar-refractivity contribution in [3.8, 4) is 0 Å². The SMILES string of the molecule is CCC(CO)CC(=O)c1c(I)c(NC(=O)[C@H](C)OC(C)=O)c(I)c(C(=O)NC(CO)CO)c1I. The van der Waals surface area contributed by atoms with Gasteiger partial charge in [-0.15, -0.1) is 0 Å². The van der Waals surface area contributed by atoms with Gasteiger partial charge in [-0.1, -0.05) is 13.3 Å². The highest BCUT2D eigenvalue weighted by Crippen LogP contribution is 2.37. The number of esters is 1. The van der Waals surface area contributed by atoms with Crippen LogP contribution < -0.4 is 10.6 Å². The minimum absolute atomic E-state index is 0.0355. The van der Waals surface area contributed by atoms with Crippen LogP contribution in [0.5, 0.6) is 0 Å². The molecule has 0 radical (unpaired) electrons. The lowest BCUT2D eigenvalue weighted by molar-refractivity contribution is -0.150. The number of aliphatic hydroxyl groups is 3. The van der Waals surface area contributed by atoms with E-state index in [-0.39, 0.29) is 41.5 Å². The number of benzene rings is 1. The number of halogens is 3. The van der Waals surface area contributed by atoms with E-state index in [1.165, 1.54) is 13.8 Å². The van der Waals surface area contributed by atoms with E-state index in [1.807, 2.05) is 74.7 Å². The fourth-order valence-electron chi connectivity index (χ4n) is 2.85. The minimum atomic E-state index is -1.12. The molecule has 0 fully saturated rings. The number of ketones is 1. The van der Waals surface area contributed by atoms with Crippen molar-refractivity contribution >= 4 is 97.0 Å². The maximum atomic E-state index is 13.2. The third kappa shape index (κ3) is 8.21. The molecule has 0 aromatic heterocycles. The van der Waals surface area contributed by atoms with Gasteiger partial charge in [0.05, 0.1) is 34.1 Å². The largest absolute Gasteiger partial charge is 0.453 e. The van der Waals surface area contributed by atoms with Crippen molar-refractivity contribution in [1.29, 1.82) is 0 Å². The molecule has 0 saturated carbocycles. The molecule has 1 unspecified atom stereocenters. The molecule has 34 heavy (non-hydrogen) atoms. The Balaban J connectivity index is 3.65. The maximum absolute atomic E-state index is 13.2. The van der Waals surface area contributed by atoms with Crippen molar-refractivity contribution in [2.45, 2.75) is 45.8 Å². The zero-order valence-electron chi connectivity index (χ0n) is 18.8. The number of amides is 2. The molecule has 5 N–H and O–H groups in total. The lowest BCUT2D eigenvalue weighted by Gasteiger charge is -2.22. The third-order valence-electron chi connectivity index (χ3n) is 4.87. The molecule has 13 heteroatoms. The molecule has 0 heterocycles. The summed E-state index contributed by atoms with van der Waals surface area (Å²) in [6, 6.07) is -0.918. The molecule has 0 aliphatic heterocycles. The van der Waals surface area contributed by atoms with Gasteiger partial charge in [-0.25, -0.2) is 0 Å². The van der Waals surface area contributed by atoms with Crippen molar-refractivity contribution < 1.29 is 39.2 Å². The quantitative estimate of drug-likeness (QED) is 0.122. The highest BCUT2D eigenvalue weighted by Gasteiger charge is 2.30. The summed E-state index contributed by atoms with van der Waals surface area (Å²) < 4.78 is 5.98. The zero-order valence-corrected chi connectivity index (χ0v) is 25.3. The fourth-order valence-corrected chi connectivity index (χ4v) is 7.38. The van der Waals surface area contributed by atoms with Gasteiger partial charge in [0.1, 0.15) is 0 Å². The summed E-state index contributed by atoms with van der Waals surface area (Å²) >= 11 is 5.67. The van der Waals surface area contributed by atoms with E-state index < -0.39 is 43.1 Å². The monoisotopic (exact) mass is 816 g/mol. The van der Waals surface area contributed by atoms with E-state index in [1.54, 1.807) is 0 Å². The van der Waals surface area contributed by atoms with Crippen molar-refractivity contribution in [1.82, 2.24) is 5.32 Å². The minimum Gasteiger partial charge on any atom is -0.453 e. The van der Waals surface area contributed by atoms with Crippen molar-refractivity contribution in [3.05, 3.63) is 21.8 Å². The second-order valence-corrected chi connectivity index (χ2v) is 10.7. The fraction of sp³-hybridized carbons (Fsp3) is 0.524. The van der Waals surface area contributed by atoms with Gasteiger partial charge in [-0.05, 0) is 80.6 Å². The van der Waals surface area contributed by atoms with Crippen LogP contribution in [0, 0.1) is 16.6 Å². The van der Waals surface area contributed by atoms with Crippen LogP contribution in [-0.2, 0) is 14.3 Å². The number of carbonyl (C=O) groups excluding carboxylic acids is 4. The van der Waals surface area contributed by atoms with Crippen molar-refractivity contribution in [2.24, 2.45) is 5.92 Å². The highest BCUT2D eigenvalue weighted by atomic mass is 127. The third-order valence-corrected chi connectivity index (χ3v) is 8.10. The Kier molecular flexibility index (Phi) is 13.7. The smallest absolute Gasteiger partial charge is 0.303 e. The average Bonchev–Trinajstić information content (AvgIpc) is 2.77. The molecule has 0 aliphatic carbocycles. The second-order valence-electron chi connectivity index (χ2n) is 7.43. The standard InChI is InChI=1S/C21H27I3N2O8/c1-4-11(6-27)5-13(31)14-16(22)15(21(33)25-12(7-28)8-29)18(24)19(17(14)23)26-20(32)9(2)34-10(3)30/h9,11-12,27-29H,4-8H2,1-3H3,(H,25,33)(H,26,32)/t9-,11?/m0/s1. The molecule has 0 aliphatic rings. The molecule has 190 valence electrons. The number of rotatable bonds is 12. The van der Waals surface area contributed by atoms with Gasteiger partial charge in [0.2, 0.25) is 0 Å². The number of Topliss-reactive ketones (excluding diaryl/α,β-unsaturated/α-hetero) is 1. The molecule has 0 saturated heterocycles. The van der Waals surface area contributed by atoms with Crippen LogP contribution in [0.4, 0.5) is 5.69 Å². The van der Waals surface area contributed by atoms with Crippen LogP contribution in [0.15, 0.2) is 0 Å². The Morgan fingerprint density at radius 3 is 1.97 bits per heavy atom. The molecule has 10 nitrogen and oxygen atoms in total. The van der Waals surface area contributed by atoms with Crippen molar-refractivity contribution in [2.75, 3.05) is 25.1 Å². The van der Waals surface area contributed by atoms with Crippen LogP contribution in [0.2, 0.25) is 0 Å². The first-order chi connectivity index (χ1) is 15.9. The summed E-state index contributed by atoms with van der Waals surface area (Å²) in [6.07, 6.45) is -0.508. The van der Waals surface area contributed by atoms with Gasteiger partial charge >= 0.3 is 5.97 Å². The topological polar surface area (TPSA) is 162 Å². The highest BCUT2D eigenvalue weighted by molar-refractivity contribution is 14.1. The van der Waals surface area contributed by atoms with Crippen molar-refractivity contribution in [3.63, 3.8) is 0 Å². The average molecular weight is 816 g/mol. The summed E-state index contributed by atoms with van der Waals surface area (Å²) in [5.74, 6) is -2.53. The van der Waals surface area contributed by atoms with E-state index in [0.29, 0.717) is 17.1 Å². The van der Waals surface area contributed by atoms with Crippen LogP contribution in [0.25, 0.3) is 0 Å². The van der Waals surface area contributed by atoms with Gasteiger partial charge < -0.3 is 30.7 Å². The summed E-state index contributed by atoms with van der Waals surface area (Å²) in [5, 5.41) is 33.4. The number of nitrogens with one attached hydrogen (secondary N) is 2. The zero-order chi connectivity index (χ0) is 26.2. The lowest BCUT2D eigenvalue weighted by atomic mass is 9.95. The molecule has 2 amide bonds. The van der Waals surface area contributed by atoms with Crippen LogP contribution in [0.3, 0.4) is 0 Å². The van der Waals surface area contributed by atoms with Crippen LogP contribution >= 0.6 is 67.8 Å². The number of anilines is 1. The number of hydrogen-bond acceptors (Lipinski definition) is 8. The molecule has 0 bridgehead atoms. The van der Waals surface area contributed by atoms with E-state index in [9.17, 15) is 34.5 Å². The Labute approximate surface area is 238 Å². The van der Waals surface area contributed by atoms with E-state index in [4.69, 9.17) is 4.74 Å². The molecule has 1 aromatic rings. The predicted molar refractivity (Wildman–Crippen MR) is 150 cm³/mol. The summed E-state index contributed by atoms with van der Waals surface area (Å²) in [5.41, 5.74) is 0.490. The van der Waals surface area contributed by atoms with E-state index >= 15 is 0 Å². The molecule has 0 spiro atoms. The molecule has 1 rings (SSSR count). The van der Waals surface area contributed by atoms with E-state index in [0.717, 1.165) is 0 Å². The Morgan fingerprint density at radius 1 is 0.941 bits per heavy atom. The maximum Gasteiger partial charge on any atom is 0.303 e. The number of hydrogen-bond donors (Lipinski definition) is 5.